The first-order valence-electron chi connectivity index (χ1n) is 10.5. The van der Waals surface area contributed by atoms with Crippen LogP contribution in [0.15, 0.2) is 54.6 Å². The predicted molar refractivity (Wildman–Crippen MR) is 119 cm³/mol. The third-order valence-corrected chi connectivity index (χ3v) is 6.67. The van der Waals surface area contributed by atoms with E-state index >= 15 is 0 Å². The molecule has 0 saturated carbocycles. The molecule has 1 saturated heterocycles. The molecule has 1 aliphatic heterocycles. The van der Waals surface area contributed by atoms with Crippen LogP contribution in [0.5, 0.6) is 0 Å². The van der Waals surface area contributed by atoms with E-state index in [0.29, 0.717) is 6.42 Å². The van der Waals surface area contributed by atoms with Gasteiger partial charge in [-0.2, -0.15) is 0 Å². The molecular weight excluding hydrogens is 398 g/mol. The quantitative estimate of drug-likeness (QED) is 0.663. The van der Waals surface area contributed by atoms with Crippen LogP contribution in [-0.4, -0.2) is 56.1 Å². The molecule has 1 heterocycles. The Balaban J connectivity index is 1.42. The van der Waals surface area contributed by atoms with Crippen LogP contribution in [0.25, 0.3) is 0 Å². The minimum Gasteiger partial charge on any atom is -0.297 e. The molecule has 0 atom stereocenters. The van der Waals surface area contributed by atoms with Gasteiger partial charge in [-0.1, -0.05) is 61.5 Å². The lowest BCUT2D eigenvalue weighted by Gasteiger charge is -2.34. The maximum absolute atomic E-state index is 11.9. The van der Waals surface area contributed by atoms with Gasteiger partial charge in [0.25, 0.3) is 0 Å². The highest BCUT2D eigenvalue weighted by molar-refractivity contribution is 7.90. The van der Waals surface area contributed by atoms with Crippen LogP contribution in [0.4, 0.5) is 0 Å². The molecular formula is C23H31N3O3S. The number of piperazine rings is 1. The zero-order valence-corrected chi connectivity index (χ0v) is 18.4. The van der Waals surface area contributed by atoms with Gasteiger partial charge in [0.05, 0.1) is 5.75 Å². The molecule has 2 aromatic rings. The number of amides is 1. The molecule has 162 valence electrons. The van der Waals surface area contributed by atoms with Crippen molar-refractivity contribution in [2.75, 3.05) is 31.9 Å². The molecule has 7 heteroatoms. The van der Waals surface area contributed by atoms with E-state index in [0.717, 1.165) is 44.8 Å². The Labute approximate surface area is 179 Å². The number of carbonyl (C=O) groups is 1. The largest absolute Gasteiger partial charge is 0.297 e. The maximum atomic E-state index is 11.9. The first-order chi connectivity index (χ1) is 14.4. The van der Waals surface area contributed by atoms with Crippen molar-refractivity contribution >= 4 is 15.9 Å². The molecule has 30 heavy (non-hydrogen) atoms. The second kappa shape index (κ2) is 10.7. The van der Waals surface area contributed by atoms with Gasteiger partial charge >= 0.3 is 0 Å². The summed E-state index contributed by atoms with van der Waals surface area (Å²) in [5.74, 6) is -0.546. The zero-order chi connectivity index (χ0) is 21.4. The van der Waals surface area contributed by atoms with Crippen molar-refractivity contribution < 1.29 is 13.2 Å². The Bertz CT molecular complexity index is 906. The number of nitrogens with zero attached hydrogens (tertiary/aromatic N) is 2. The number of rotatable bonds is 9. The molecule has 0 radical (unpaired) electrons. The van der Waals surface area contributed by atoms with Crippen LogP contribution in [0, 0.1) is 0 Å². The van der Waals surface area contributed by atoms with E-state index in [-0.39, 0.29) is 12.2 Å². The highest BCUT2D eigenvalue weighted by atomic mass is 32.2. The van der Waals surface area contributed by atoms with Gasteiger partial charge in [0.1, 0.15) is 0 Å². The Hall–Kier alpha value is -2.22. The maximum Gasteiger partial charge on any atom is 0.235 e. The fraction of sp³-hybridized carbons (Fsp3) is 0.435. The van der Waals surface area contributed by atoms with E-state index in [9.17, 15) is 13.2 Å². The second-order valence-corrected chi connectivity index (χ2v) is 9.64. The van der Waals surface area contributed by atoms with E-state index in [2.05, 4.69) is 57.0 Å². The Morgan fingerprint density at radius 3 is 1.87 bits per heavy atom. The Morgan fingerprint density at radius 2 is 1.33 bits per heavy atom. The van der Waals surface area contributed by atoms with Crippen molar-refractivity contribution in [1.29, 1.82) is 0 Å². The van der Waals surface area contributed by atoms with Gasteiger partial charge in [0.15, 0.2) is 0 Å². The van der Waals surface area contributed by atoms with Crippen molar-refractivity contribution in [1.82, 2.24) is 14.5 Å². The van der Waals surface area contributed by atoms with Crippen LogP contribution in [0.3, 0.4) is 0 Å². The minimum atomic E-state index is -3.56. The van der Waals surface area contributed by atoms with Gasteiger partial charge < -0.3 is 0 Å². The molecule has 3 rings (SSSR count). The normalized spacial score (nSPS) is 15.8. The summed E-state index contributed by atoms with van der Waals surface area (Å²) in [5, 5.41) is 0. The number of benzene rings is 2. The summed E-state index contributed by atoms with van der Waals surface area (Å²) in [7, 11) is -3.56. The highest BCUT2D eigenvalue weighted by Crippen LogP contribution is 2.13. The average Bonchev–Trinajstić information content (AvgIpc) is 2.75. The molecule has 2 aromatic carbocycles. The summed E-state index contributed by atoms with van der Waals surface area (Å²) in [4.78, 5) is 16.2. The SMILES string of the molecule is CCC(=O)NS(=O)(=O)CCc1ccc(CN2CCN(Cc3ccccc3)CC2)cc1. The fourth-order valence-corrected chi connectivity index (χ4v) is 4.66. The van der Waals surface area contributed by atoms with E-state index in [4.69, 9.17) is 0 Å². The standard InChI is InChI=1S/C23H31N3O3S/c1-2-23(27)24-30(28,29)17-12-20-8-10-22(11-9-20)19-26-15-13-25(14-16-26)18-21-6-4-3-5-7-21/h3-11H,2,12-19H2,1H3,(H,24,27). The van der Waals surface area contributed by atoms with E-state index in [1.165, 1.54) is 11.1 Å². The summed E-state index contributed by atoms with van der Waals surface area (Å²) in [5.41, 5.74) is 3.55. The number of hydrogen-bond acceptors (Lipinski definition) is 5. The molecule has 1 aliphatic rings. The number of aryl methyl sites for hydroxylation is 1. The molecule has 0 bridgehead atoms. The van der Waals surface area contributed by atoms with Crippen LogP contribution in [0.2, 0.25) is 0 Å². The summed E-state index contributed by atoms with van der Waals surface area (Å²) in [6, 6.07) is 18.7. The average molecular weight is 430 g/mol. The molecule has 1 fully saturated rings. The van der Waals surface area contributed by atoms with Gasteiger partial charge in [0.2, 0.25) is 15.9 Å². The topological polar surface area (TPSA) is 69.7 Å². The Kier molecular flexibility index (Phi) is 8.01. The predicted octanol–water partition coefficient (Wildman–Crippen LogP) is 2.40. The molecule has 1 amide bonds. The van der Waals surface area contributed by atoms with Gasteiger partial charge in [-0.25, -0.2) is 8.42 Å². The third-order valence-electron chi connectivity index (χ3n) is 5.39. The van der Waals surface area contributed by atoms with E-state index in [1.807, 2.05) is 12.1 Å². The highest BCUT2D eigenvalue weighted by Gasteiger charge is 2.17. The number of sulfonamides is 1. The molecule has 6 nitrogen and oxygen atoms in total. The fourth-order valence-electron chi connectivity index (χ4n) is 3.57. The second-order valence-electron chi connectivity index (χ2n) is 7.80. The zero-order valence-electron chi connectivity index (χ0n) is 17.6. The minimum absolute atomic E-state index is 0.0819. The van der Waals surface area contributed by atoms with E-state index in [1.54, 1.807) is 6.92 Å². The summed E-state index contributed by atoms with van der Waals surface area (Å²) in [6.07, 6.45) is 0.555. The molecule has 0 aromatic heterocycles. The van der Waals surface area contributed by atoms with Gasteiger partial charge in [-0.15, -0.1) is 0 Å². The lowest BCUT2D eigenvalue weighted by molar-refractivity contribution is -0.119. The van der Waals surface area contributed by atoms with Crippen molar-refractivity contribution in [3.05, 3.63) is 71.3 Å². The molecule has 0 unspecified atom stereocenters. The monoisotopic (exact) mass is 429 g/mol. The van der Waals surface area contributed by atoms with Crippen molar-refractivity contribution in [3.8, 4) is 0 Å². The lowest BCUT2D eigenvalue weighted by atomic mass is 10.1. The van der Waals surface area contributed by atoms with Gasteiger partial charge in [0, 0.05) is 45.7 Å². The van der Waals surface area contributed by atoms with Gasteiger partial charge in [-0.3, -0.25) is 19.3 Å². The first-order valence-corrected chi connectivity index (χ1v) is 12.2. The van der Waals surface area contributed by atoms with Crippen LogP contribution in [0.1, 0.15) is 30.0 Å². The summed E-state index contributed by atoms with van der Waals surface area (Å²) < 4.78 is 25.9. The lowest BCUT2D eigenvalue weighted by Crippen LogP contribution is -2.45. The Morgan fingerprint density at radius 1 is 0.833 bits per heavy atom. The smallest absolute Gasteiger partial charge is 0.235 e. The van der Waals surface area contributed by atoms with Crippen LogP contribution < -0.4 is 4.72 Å². The van der Waals surface area contributed by atoms with Crippen LogP contribution >= 0.6 is 0 Å². The van der Waals surface area contributed by atoms with Gasteiger partial charge in [-0.05, 0) is 23.1 Å². The number of carbonyl (C=O) groups excluding carboxylic acids is 1. The van der Waals surface area contributed by atoms with E-state index < -0.39 is 15.9 Å². The van der Waals surface area contributed by atoms with Crippen LogP contribution in [-0.2, 0) is 34.3 Å². The molecule has 1 N–H and O–H groups in total. The summed E-state index contributed by atoms with van der Waals surface area (Å²) in [6.45, 7) is 7.76. The first kappa shape index (κ1) is 22.5. The van der Waals surface area contributed by atoms with Crippen molar-refractivity contribution in [2.45, 2.75) is 32.9 Å². The number of nitrogens with one attached hydrogen (secondary N) is 1. The van der Waals surface area contributed by atoms with Crippen molar-refractivity contribution in [2.24, 2.45) is 0 Å². The number of hydrogen-bond donors (Lipinski definition) is 1. The van der Waals surface area contributed by atoms with Crippen molar-refractivity contribution in [3.63, 3.8) is 0 Å². The third kappa shape index (κ3) is 7.23. The summed E-state index contributed by atoms with van der Waals surface area (Å²) >= 11 is 0. The molecule has 0 aliphatic carbocycles. The molecule has 0 spiro atoms.